The fraction of sp³-hybridized carbons (Fsp3) is 0.538. The highest BCUT2D eigenvalue weighted by molar-refractivity contribution is 7.89. The Kier molecular flexibility index (Phi) is 4.37. The summed E-state index contributed by atoms with van der Waals surface area (Å²) in [5, 5.41) is 8.79. The fourth-order valence-corrected chi connectivity index (χ4v) is 2.90. The van der Waals surface area contributed by atoms with Crippen LogP contribution in [0.2, 0.25) is 0 Å². The largest absolute Gasteiger partial charge is 0.396 e. The van der Waals surface area contributed by atoms with Crippen LogP contribution in [0.3, 0.4) is 0 Å². The molecular formula is C13H19NO3S. The van der Waals surface area contributed by atoms with Crippen LogP contribution in [0.25, 0.3) is 0 Å². The minimum atomic E-state index is -3.37. The topological polar surface area (TPSA) is 66.4 Å². The summed E-state index contributed by atoms with van der Waals surface area (Å²) in [5.41, 5.74) is 0.939. The van der Waals surface area contributed by atoms with E-state index in [1.165, 1.54) is 12.8 Å². The predicted molar refractivity (Wildman–Crippen MR) is 69.8 cm³/mol. The van der Waals surface area contributed by atoms with Crippen molar-refractivity contribution < 1.29 is 13.5 Å². The molecule has 100 valence electrons. The average molecular weight is 269 g/mol. The van der Waals surface area contributed by atoms with Crippen molar-refractivity contribution in [1.29, 1.82) is 0 Å². The van der Waals surface area contributed by atoms with Gasteiger partial charge >= 0.3 is 0 Å². The van der Waals surface area contributed by atoms with Crippen LogP contribution in [-0.4, -0.2) is 26.7 Å². The Hall–Kier alpha value is -0.910. The Bertz CT molecular complexity index is 477. The summed E-state index contributed by atoms with van der Waals surface area (Å²) < 4.78 is 26.5. The average Bonchev–Trinajstić information content (AvgIpc) is 3.14. The highest BCUT2D eigenvalue weighted by Gasteiger charge is 2.22. The van der Waals surface area contributed by atoms with Crippen LogP contribution in [0.5, 0.6) is 0 Å². The van der Waals surface area contributed by atoms with Crippen molar-refractivity contribution in [3.63, 3.8) is 0 Å². The van der Waals surface area contributed by atoms with Crippen LogP contribution in [0.4, 0.5) is 0 Å². The quantitative estimate of drug-likeness (QED) is 0.784. The molecule has 2 N–H and O–H groups in total. The summed E-state index contributed by atoms with van der Waals surface area (Å²) >= 11 is 0. The molecule has 0 unspecified atom stereocenters. The van der Waals surface area contributed by atoms with Crippen LogP contribution < -0.4 is 4.72 Å². The number of benzene rings is 1. The van der Waals surface area contributed by atoms with Crippen molar-refractivity contribution in [2.24, 2.45) is 5.92 Å². The second kappa shape index (κ2) is 5.82. The van der Waals surface area contributed by atoms with Crippen LogP contribution in [-0.2, 0) is 16.4 Å². The number of aliphatic hydroxyl groups excluding tert-OH is 1. The molecule has 0 spiro atoms. The first-order chi connectivity index (χ1) is 8.62. The second-order valence-electron chi connectivity index (χ2n) is 4.75. The lowest BCUT2D eigenvalue weighted by Gasteiger charge is -2.07. The first kappa shape index (κ1) is 13.5. The Labute approximate surface area is 108 Å². The lowest BCUT2D eigenvalue weighted by atomic mass is 10.2. The summed E-state index contributed by atoms with van der Waals surface area (Å²) in [6.07, 6.45) is 3.95. The summed E-state index contributed by atoms with van der Waals surface area (Å²) in [6, 6.07) is 6.66. The molecule has 0 aliphatic heterocycles. The maximum Gasteiger partial charge on any atom is 0.240 e. The molecule has 0 aromatic heterocycles. The molecule has 1 fully saturated rings. The molecule has 0 bridgehead atoms. The van der Waals surface area contributed by atoms with E-state index in [1.807, 2.05) is 0 Å². The molecule has 0 saturated heterocycles. The Morgan fingerprint density at radius 3 is 2.44 bits per heavy atom. The molecule has 18 heavy (non-hydrogen) atoms. The van der Waals surface area contributed by atoms with Crippen LogP contribution in [0, 0.1) is 5.92 Å². The Balaban J connectivity index is 1.94. The van der Waals surface area contributed by atoms with E-state index in [-0.39, 0.29) is 6.61 Å². The lowest BCUT2D eigenvalue weighted by molar-refractivity contribution is 0.299. The highest BCUT2D eigenvalue weighted by Crippen LogP contribution is 2.31. The molecule has 0 amide bonds. The van der Waals surface area contributed by atoms with Crippen LogP contribution >= 0.6 is 0 Å². The number of nitrogens with one attached hydrogen (secondary N) is 1. The van der Waals surface area contributed by atoms with E-state index in [2.05, 4.69) is 4.72 Å². The van der Waals surface area contributed by atoms with Gasteiger partial charge in [-0.05, 0) is 36.5 Å². The molecule has 1 aliphatic rings. The van der Waals surface area contributed by atoms with Gasteiger partial charge in [0.05, 0.1) is 4.90 Å². The zero-order valence-electron chi connectivity index (χ0n) is 10.3. The Morgan fingerprint density at radius 2 is 1.89 bits per heavy atom. The van der Waals surface area contributed by atoms with Gasteiger partial charge in [-0.1, -0.05) is 25.0 Å². The first-order valence-electron chi connectivity index (χ1n) is 6.31. The zero-order valence-corrected chi connectivity index (χ0v) is 11.1. The smallest absolute Gasteiger partial charge is 0.240 e. The van der Waals surface area contributed by atoms with E-state index in [4.69, 9.17) is 5.11 Å². The van der Waals surface area contributed by atoms with E-state index in [0.29, 0.717) is 17.9 Å². The third-order valence-corrected chi connectivity index (χ3v) is 4.65. The molecule has 0 atom stereocenters. The Morgan fingerprint density at radius 1 is 1.22 bits per heavy atom. The number of hydrogen-bond donors (Lipinski definition) is 2. The van der Waals surface area contributed by atoms with E-state index in [0.717, 1.165) is 17.9 Å². The van der Waals surface area contributed by atoms with Gasteiger partial charge in [0.2, 0.25) is 10.0 Å². The van der Waals surface area contributed by atoms with Gasteiger partial charge in [-0.2, -0.15) is 0 Å². The van der Waals surface area contributed by atoms with Crippen molar-refractivity contribution in [3.8, 4) is 0 Å². The van der Waals surface area contributed by atoms with Gasteiger partial charge in [-0.25, -0.2) is 13.1 Å². The van der Waals surface area contributed by atoms with Gasteiger partial charge in [-0.15, -0.1) is 0 Å². The summed E-state index contributed by atoms with van der Waals surface area (Å²) in [5.74, 6) is 0.722. The van der Waals surface area contributed by atoms with E-state index >= 15 is 0 Å². The van der Waals surface area contributed by atoms with Gasteiger partial charge in [0, 0.05) is 13.2 Å². The van der Waals surface area contributed by atoms with Crippen molar-refractivity contribution in [1.82, 2.24) is 4.72 Å². The van der Waals surface area contributed by atoms with Crippen molar-refractivity contribution in [2.75, 3.05) is 13.2 Å². The number of hydrogen-bond acceptors (Lipinski definition) is 3. The number of rotatable bonds is 7. The maximum absolute atomic E-state index is 11.9. The summed E-state index contributed by atoms with van der Waals surface area (Å²) in [7, 11) is -3.37. The molecule has 4 nitrogen and oxygen atoms in total. The molecular weight excluding hydrogens is 250 g/mol. The number of sulfonamides is 1. The van der Waals surface area contributed by atoms with Crippen LogP contribution in [0.15, 0.2) is 29.2 Å². The normalized spacial score (nSPS) is 15.8. The van der Waals surface area contributed by atoms with Gasteiger partial charge in [0.1, 0.15) is 0 Å². The first-order valence-corrected chi connectivity index (χ1v) is 7.79. The lowest BCUT2D eigenvalue weighted by Crippen LogP contribution is -2.25. The van der Waals surface area contributed by atoms with Gasteiger partial charge < -0.3 is 5.11 Å². The van der Waals surface area contributed by atoms with Gasteiger partial charge in [-0.3, -0.25) is 0 Å². The maximum atomic E-state index is 11.9. The number of aliphatic hydroxyl groups is 1. The predicted octanol–water partition coefficient (Wildman–Crippen LogP) is 1.30. The van der Waals surface area contributed by atoms with Crippen molar-refractivity contribution >= 4 is 10.0 Å². The summed E-state index contributed by atoms with van der Waals surface area (Å²) in [6.45, 7) is 0.594. The minimum absolute atomic E-state index is 0.0751. The van der Waals surface area contributed by atoms with Crippen LogP contribution in [0.1, 0.15) is 24.8 Å². The third kappa shape index (κ3) is 3.80. The fourth-order valence-electron chi connectivity index (χ4n) is 1.85. The molecule has 0 radical (unpaired) electrons. The van der Waals surface area contributed by atoms with Gasteiger partial charge in [0.25, 0.3) is 0 Å². The van der Waals surface area contributed by atoms with E-state index < -0.39 is 10.0 Å². The zero-order chi connectivity index (χ0) is 13.0. The third-order valence-electron chi connectivity index (χ3n) is 3.18. The molecule has 1 aromatic carbocycles. The molecule has 1 saturated carbocycles. The van der Waals surface area contributed by atoms with Crippen molar-refractivity contribution in [3.05, 3.63) is 29.8 Å². The minimum Gasteiger partial charge on any atom is -0.396 e. The van der Waals surface area contributed by atoms with E-state index in [9.17, 15) is 8.42 Å². The molecule has 2 rings (SSSR count). The standard InChI is InChI=1S/C13H19NO3S/c15-10-8-12-3-5-13(6-4-12)18(16,17)14-9-7-11-1-2-11/h3-6,11,14-15H,1-2,7-10H2. The van der Waals surface area contributed by atoms with Gasteiger partial charge in [0.15, 0.2) is 0 Å². The highest BCUT2D eigenvalue weighted by atomic mass is 32.2. The monoisotopic (exact) mass is 269 g/mol. The molecule has 0 heterocycles. The van der Waals surface area contributed by atoms with Crippen molar-refractivity contribution in [2.45, 2.75) is 30.6 Å². The SMILES string of the molecule is O=S(=O)(NCCC1CC1)c1ccc(CCO)cc1. The summed E-state index contributed by atoms with van der Waals surface area (Å²) in [4.78, 5) is 0.292. The molecule has 1 aliphatic carbocycles. The van der Waals surface area contributed by atoms with E-state index in [1.54, 1.807) is 24.3 Å². The molecule has 5 heteroatoms. The second-order valence-corrected chi connectivity index (χ2v) is 6.51. The molecule has 1 aromatic rings.